The molecule has 2 aliphatic rings. The molecule has 0 N–H and O–H groups in total. The molecule has 1 heterocycles. The summed E-state index contributed by atoms with van der Waals surface area (Å²) in [4.78, 5) is 15.6. The van der Waals surface area contributed by atoms with Crippen LogP contribution in [0.4, 0.5) is 0 Å². The Bertz CT molecular complexity index is 3630. The van der Waals surface area contributed by atoms with Crippen LogP contribution in [0.1, 0.15) is 47.2 Å². The van der Waals surface area contributed by atoms with Crippen LogP contribution in [0.15, 0.2) is 212 Å². The molecule has 3 heteroatoms. The summed E-state index contributed by atoms with van der Waals surface area (Å²) >= 11 is 0. The number of hydrogen-bond acceptors (Lipinski definition) is 3. The summed E-state index contributed by atoms with van der Waals surface area (Å²) < 4.78 is 0. The first-order valence-electron chi connectivity index (χ1n) is 22.2. The van der Waals surface area contributed by atoms with E-state index in [2.05, 4.69) is 208 Å². The fourth-order valence-corrected chi connectivity index (χ4v) is 11.3. The van der Waals surface area contributed by atoms with Crippen molar-refractivity contribution in [3.05, 3.63) is 246 Å². The number of rotatable bonds is 4. The maximum absolute atomic E-state index is 5.27. The van der Waals surface area contributed by atoms with Gasteiger partial charge >= 0.3 is 0 Å². The smallest absolute Gasteiger partial charge is 0.164 e. The Kier molecular flexibility index (Phi) is 7.87. The molecular formula is C61H41N3. The first kappa shape index (κ1) is 36.6. The number of nitrogens with zero attached hydrogens (tertiary/aromatic N) is 3. The fraction of sp³-hybridized carbons (Fsp3) is 0.0656. The summed E-state index contributed by atoms with van der Waals surface area (Å²) in [7, 11) is 0. The predicted octanol–water partition coefficient (Wildman–Crippen LogP) is 15.0. The van der Waals surface area contributed by atoms with E-state index in [1.54, 1.807) is 0 Å². The summed E-state index contributed by atoms with van der Waals surface area (Å²) in [6.07, 6.45) is 0. The maximum atomic E-state index is 5.27. The van der Waals surface area contributed by atoms with Gasteiger partial charge in [0.25, 0.3) is 0 Å². The zero-order valence-electron chi connectivity index (χ0n) is 35.5. The van der Waals surface area contributed by atoms with Crippen molar-refractivity contribution >= 4 is 32.3 Å². The van der Waals surface area contributed by atoms with Crippen LogP contribution in [0.5, 0.6) is 0 Å². The maximum Gasteiger partial charge on any atom is 0.164 e. The van der Waals surface area contributed by atoms with Gasteiger partial charge in [-0.25, -0.2) is 15.0 Å². The second-order valence-electron chi connectivity index (χ2n) is 17.9. The first-order valence-corrected chi connectivity index (χ1v) is 22.2. The quantitative estimate of drug-likeness (QED) is 0.166. The topological polar surface area (TPSA) is 38.7 Å². The van der Waals surface area contributed by atoms with Crippen LogP contribution in [0.25, 0.3) is 88.7 Å². The van der Waals surface area contributed by atoms with Gasteiger partial charge in [-0.05, 0) is 106 Å². The van der Waals surface area contributed by atoms with Crippen molar-refractivity contribution in [3.63, 3.8) is 0 Å². The molecule has 0 amide bonds. The van der Waals surface area contributed by atoms with Crippen molar-refractivity contribution in [1.29, 1.82) is 0 Å². The van der Waals surface area contributed by atoms with E-state index < -0.39 is 5.41 Å². The Morgan fingerprint density at radius 3 is 1.33 bits per heavy atom. The highest BCUT2D eigenvalue weighted by Gasteiger charge is 2.53. The van der Waals surface area contributed by atoms with Gasteiger partial charge in [-0.15, -0.1) is 0 Å². The van der Waals surface area contributed by atoms with Gasteiger partial charge in [-0.3, -0.25) is 0 Å². The molecule has 0 saturated carbocycles. The van der Waals surface area contributed by atoms with Crippen molar-refractivity contribution in [3.8, 4) is 56.4 Å². The molecule has 2 aliphatic carbocycles. The Hall–Kier alpha value is -8.01. The fourth-order valence-electron chi connectivity index (χ4n) is 11.3. The van der Waals surface area contributed by atoms with Crippen molar-refractivity contribution < 1.29 is 0 Å². The van der Waals surface area contributed by atoms with Crippen LogP contribution in [-0.2, 0) is 10.8 Å². The van der Waals surface area contributed by atoms with E-state index >= 15 is 0 Å². The molecule has 0 saturated heterocycles. The normalized spacial score (nSPS) is 14.0. The van der Waals surface area contributed by atoms with Gasteiger partial charge in [-0.1, -0.05) is 208 Å². The lowest BCUT2D eigenvalue weighted by molar-refractivity contribution is 0.563. The van der Waals surface area contributed by atoms with E-state index in [-0.39, 0.29) is 5.41 Å². The van der Waals surface area contributed by atoms with Crippen LogP contribution >= 0.6 is 0 Å². The summed E-state index contributed by atoms with van der Waals surface area (Å²) in [6, 6.07) is 77.3. The number of benzene rings is 10. The zero-order chi connectivity index (χ0) is 42.6. The van der Waals surface area contributed by atoms with E-state index in [9.17, 15) is 0 Å². The molecule has 10 aromatic carbocycles. The summed E-state index contributed by atoms with van der Waals surface area (Å²) in [5.74, 6) is 1.93. The zero-order valence-corrected chi connectivity index (χ0v) is 35.5. The molecule has 300 valence electrons. The van der Waals surface area contributed by atoms with Gasteiger partial charge in [0.2, 0.25) is 0 Å². The molecular weight excluding hydrogens is 775 g/mol. The molecule has 0 aliphatic heterocycles. The second kappa shape index (κ2) is 13.7. The molecule has 64 heavy (non-hydrogen) atoms. The minimum absolute atomic E-state index is 0.248. The van der Waals surface area contributed by atoms with Crippen LogP contribution in [0.2, 0.25) is 0 Å². The lowest BCUT2D eigenvalue weighted by atomic mass is 9.55. The number of hydrogen-bond donors (Lipinski definition) is 0. The molecule has 3 nitrogen and oxygen atoms in total. The average molecular weight is 816 g/mol. The minimum Gasteiger partial charge on any atom is -0.208 e. The molecule has 0 unspecified atom stereocenters. The third-order valence-corrected chi connectivity index (χ3v) is 14.2. The standard InChI is InChI=1S/C61H41N3/c1-60(2)53-29-14-15-30-54(53)61(51-27-12-10-25-48(51)49-26-11-13-28-52(49)61)55-34-32-40(37-56(55)60)39-19-16-20-41(35-39)58-62-57(38-17-4-3-5-18-38)63-59(64-58)42-31-33-47-45-23-7-6-21-43(45)44-22-8-9-24-46(44)50(47)36-42/h3-37H,1-2H3. The highest BCUT2D eigenvalue weighted by molar-refractivity contribution is 6.25. The third-order valence-electron chi connectivity index (χ3n) is 14.2. The van der Waals surface area contributed by atoms with Crippen LogP contribution in [-0.4, -0.2) is 15.0 Å². The average Bonchev–Trinajstić information content (AvgIpc) is 3.66. The lowest BCUT2D eigenvalue weighted by Gasteiger charge is -2.46. The highest BCUT2D eigenvalue weighted by Crippen LogP contribution is 2.62. The lowest BCUT2D eigenvalue weighted by Crippen LogP contribution is -2.40. The van der Waals surface area contributed by atoms with E-state index in [4.69, 9.17) is 15.0 Å². The van der Waals surface area contributed by atoms with Crippen molar-refractivity contribution in [2.75, 3.05) is 0 Å². The van der Waals surface area contributed by atoms with E-state index in [0.717, 1.165) is 27.8 Å². The summed E-state index contributed by atoms with van der Waals surface area (Å²) in [5.41, 5.74) is 15.2. The SMILES string of the molecule is CC1(C)c2ccccc2C2(c3ccccc3-c3ccccc32)c2ccc(-c3cccc(-c4nc(-c5ccccc5)nc(-c5ccc6c7ccccc7c7ccccc7c6c5)n4)c3)cc21. The largest absolute Gasteiger partial charge is 0.208 e. The van der Waals surface area contributed by atoms with E-state index in [0.29, 0.717) is 17.5 Å². The molecule has 1 spiro atoms. The Morgan fingerprint density at radius 1 is 0.266 bits per heavy atom. The number of aromatic nitrogens is 3. The van der Waals surface area contributed by atoms with Crippen LogP contribution < -0.4 is 0 Å². The monoisotopic (exact) mass is 815 g/mol. The van der Waals surface area contributed by atoms with Crippen molar-refractivity contribution in [2.45, 2.75) is 24.7 Å². The molecule has 0 bridgehead atoms. The van der Waals surface area contributed by atoms with Gasteiger partial charge in [0.05, 0.1) is 5.41 Å². The molecule has 0 fully saturated rings. The molecule has 11 aromatic rings. The van der Waals surface area contributed by atoms with Crippen molar-refractivity contribution in [1.82, 2.24) is 15.0 Å². The number of fused-ring (bicyclic) bond motifs is 15. The molecule has 1 aromatic heterocycles. The van der Waals surface area contributed by atoms with Crippen molar-refractivity contribution in [2.24, 2.45) is 0 Å². The van der Waals surface area contributed by atoms with E-state index in [1.807, 2.05) is 18.2 Å². The third kappa shape index (κ3) is 5.19. The second-order valence-corrected chi connectivity index (χ2v) is 17.9. The minimum atomic E-state index is -0.424. The molecule has 0 radical (unpaired) electrons. The Morgan fingerprint density at radius 2 is 0.688 bits per heavy atom. The van der Waals surface area contributed by atoms with Gasteiger partial charge < -0.3 is 0 Å². The first-order chi connectivity index (χ1) is 31.5. The summed E-state index contributed by atoms with van der Waals surface area (Å²) in [5, 5.41) is 7.35. The molecule has 0 atom stereocenters. The summed E-state index contributed by atoms with van der Waals surface area (Å²) in [6.45, 7) is 4.78. The van der Waals surface area contributed by atoms with Gasteiger partial charge in [0, 0.05) is 22.1 Å². The van der Waals surface area contributed by atoms with Crippen LogP contribution in [0, 0.1) is 0 Å². The Labute approximate surface area is 372 Å². The van der Waals surface area contributed by atoms with E-state index in [1.165, 1.54) is 76.8 Å². The predicted molar refractivity (Wildman–Crippen MR) is 264 cm³/mol. The van der Waals surface area contributed by atoms with Crippen LogP contribution in [0.3, 0.4) is 0 Å². The van der Waals surface area contributed by atoms with Gasteiger partial charge in [-0.2, -0.15) is 0 Å². The molecule has 13 rings (SSSR count). The Balaban J connectivity index is 0.977. The highest BCUT2D eigenvalue weighted by atomic mass is 15.0. The van der Waals surface area contributed by atoms with Gasteiger partial charge in [0.1, 0.15) is 0 Å². The van der Waals surface area contributed by atoms with Gasteiger partial charge in [0.15, 0.2) is 17.5 Å².